The zero-order chi connectivity index (χ0) is 8.20. The minimum atomic E-state index is -0.950. The molecule has 10 heavy (non-hydrogen) atoms. The molecule has 2 heteroatoms. The Morgan fingerprint density at radius 2 is 2.00 bits per heavy atom. The quantitative estimate of drug-likeness (QED) is 0.540. The Bertz CT molecular complexity index is 113. The fraction of sp³-hybridized carbons (Fsp3) is 0.750. The van der Waals surface area contributed by atoms with Gasteiger partial charge in [-0.2, -0.15) is 0 Å². The van der Waals surface area contributed by atoms with Crippen molar-refractivity contribution in [1.29, 1.82) is 0 Å². The predicted molar refractivity (Wildman–Crippen MR) is 43.9 cm³/mol. The van der Waals surface area contributed by atoms with Gasteiger partial charge in [0.15, 0.2) is 0 Å². The van der Waals surface area contributed by atoms with Gasteiger partial charge in [0.2, 0.25) is 0 Å². The molecule has 0 aromatic carbocycles. The van der Waals surface area contributed by atoms with Crippen LogP contribution in [0.5, 0.6) is 0 Å². The third-order valence-electron chi connectivity index (χ3n) is 1.23. The van der Waals surface area contributed by atoms with Gasteiger partial charge in [0.05, 0.1) is 0 Å². The number of halogens is 1. The summed E-state index contributed by atoms with van der Waals surface area (Å²) in [4.78, 5) is 0. The molecule has 0 amide bonds. The van der Waals surface area contributed by atoms with E-state index in [0.29, 0.717) is 5.41 Å². The van der Waals surface area contributed by atoms with Gasteiger partial charge in [0.25, 0.3) is 0 Å². The number of allylic oxidation sites excluding steroid dienone is 1. The van der Waals surface area contributed by atoms with Gasteiger partial charge in [-0.25, -0.2) is 0 Å². The summed E-state index contributed by atoms with van der Waals surface area (Å²) < 4.78 is 1.18. The molecule has 0 aliphatic carbocycles. The zero-order valence-corrected chi connectivity index (χ0v) is 13.5. The normalized spacial score (nSPS) is 10.8. The van der Waals surface area contributed by atoms with Crippen LogP contribution < -0.4 is 0 Å². The Balaban J connectivity index is 3.58. The molecule has 56 valence electrons. The van der Waals surface area contributed by atoms with Crippen molar-refractivity contribution in [3.63, 3.8) is 0 Å². The molecular formula is C8H15ClHg. The van der Waals surface area contributed by atoms with E-state index in [-0.39, 0.29) is 0 Å². The third-order valence-corrected chi connectivity index (χ3v) is 6.37. The molecule has 0 saturated heterocycles. The van der Waals surface area contributed by atoms with Crippen LogP contribution in [0.15, 0.2) is 12.2 Å². The molecule has 0 atom stereocenters. The van der Waals surface area contributed by atoms with Crippen molar-refractivity contribution < 1.29 is 23.3 Å². The molecule has 0 rings (SSSR count). The van der Waals surface area contributed by atoms with E-state index in [2.05, 4.69) is 27.4 Å². The first-order chi connectivity index (χ1) is 4.45. The van der Waals surface area contributed by atoms with Crippen LogP contribution in [0, 0.1) is 5.41 Å². The standard InChI is InChI=1S/C8H15.ClH.Hg/c1-7(2)6-8(3,4)5;;/h1-2,6H2,3-5H3;1H;/q;;+1/p-1. The Morgan fingerprint density at radius 3 is 2.30 bits per heavy atom. The third kappa shape index (κ3) is 7.08. The predicted octanol–water partition coefficient (Wildman–Crippen LogP) is 3.63. The summed E-state index contributed by atoms with van der Waals surface area (Å²) in [6.07, 6.45) is 1.14. The Hall–Kier alpha value is 0.965. The minimum absolute atomic E-state index is 0.400. The topological polar surface area (TPSA) is 0 Å². The van der Waals surface area contributed by atoms with Crippen molar-refractivity contribution in [2.24, 2.45) is 5.41 Å². The second-order valence-electron chi connectivity index (χ2n) is 3.93. The molecule has 0 aromatic rings. The van der Waals surface area contributed by atoms with Crippen molar-refractivity contribution in [1.82, 2.24) is 0 Å². The van der Waals surface area contributed by atoms with Crippen molar-refractivity contribution in [2.45, 2.75) is 31.1 Å². The van der Waals surface area contributed by atoms with Crippen LogP contribution in [0.1, 0.15) is 27.2 Å². The number of hydrogen-bond donors (Lipinski definition) is 0. The van der Waals surface area contributed by atoms with Gasteiger partial charge in [0, 0.05) is 0 Å². The summed E-state index contributed by atoms with van der Waals surface area (Å²) in [5.74, 6) is 0. The van der Waals surface area contributed by atoms with Gasteiger partial charge in [-0.15, -0.1) is 0 Å². The summed E-state index contributed by atoms with van der Waals surface area (Å²) in [6.45, 7) is 10.7. The van der Waals surface area contributed by atoms with Gasteiger partial charge >= 0.3 is 80.3 Å². The van der Waals surface area contributed by atoms with Crippen molar-refractivity contribution in [3.8, 4) is 0 Å². The summed E-state index contributed by atoms with van der Waals surface area (Å²) in [5.41, 5.74) is 1.76. The Morgan fingerprint density at radius 1 is 1.50 bits per heavy atom. The average molecular weight is 347 g/mol. The molecule has 0 aromatic heterocycles. The van der Waals surface area contributed by atoms with Gasteiger partial charge in [0.1, 0.15) is 0 Å². The van der Waals surface area contributed by atoms with Gasteiger partial charge in [-0.05, 0) is 0 Å². The van der Waals surface area contributed by atoms with Crippen molar-refractivity contribution >= 4 is 8.25 Å². The SMILES string of the molecule is C=C([CH2][Hg][Cl])CC(C)(C)C. The monoisotopic (exact) mass is 348 g/mol. The molecule has 0 saturated carbocycles. The van der Waals surface area contributed by atoms with E-state index in [1.54, 1.807) is 0 Å². The molecule has 0 aliphatic heterocycles. The average Bonchev–Trinajstić information content (AvgIpc) is 1.59. The molecule has 0 spiro atoms. The van der Waals surface area contributed by atoms with Gasteiger partial charge < -0.3 is 0 Å². The molecule has 0 radical (unpaired) electrons. The van der Waals surface area contributed by atoms with Crippen LogP contribution in [0.25, 0.3) is 0 Å². The first-order valence-electron chi connectivity index (χ1n) is 3.68. The van der Waals surface area contributed by atoms with Gasteiger partial charge in [-0.3, -0.25) is 0 Å². The fourth-order valence-corrected chi connectivity index (χ4v) is 5.04. The number of rotatable bonds is 3. The number of hydrogen-bond acceptors (Lipinski definition) is 0. The fourth-order valence-electron chi connectivity index (χ4n) is 0.972. The van der Waals surface area contributed by atoms with Crippen LogP contribution >= 0.6 is 8.25 Å². The van der Waals surface area contributed by atoms with Crippen LogP contribution in [0.3, 0.4) is 0 Å². The summed E-state index contributed by atoms with van der Waals surface area (Å²) >= 11 is -0.950. The van der Waals surface area contributed by atoms with E-state index in [9.17, 15) is 0 Å². The zero-order valence-electron chi connectivity index (χ0n) is 7.21. The molecule has 0 nitrogen and oxygen atoms in total. The summed E-state index contributed by atoms with van der Waals surface area (Å²) in [7, 11) is 5.79. The molecule has 0 N–H and O–H groups in total. The van der Waals surface area contributed by atoms with Crippen molar-refractivity contribution in [3.05, 3.63) is 12.2 Å². The van der Waals surface area contributed by atoms with E-state index in [1.807, 2.05) is 0 Å². The molecule has 0 unspecified atom stereocenters. The first-order valence-corrected chi connectivity index (χ1v) is 14.3. The maximum atomic E-state index is 5.79. The van der Waals surface area contributed by atoms with Crippen LogP contribution in [0.2, 0.25) is 3.93 Å². The van der Waals surface area contributed by atoms with E-state index in [1.165, 1.54) is 9.50 Å². The van der Waals surface area contributed by atoms with Crippen LogP contribution in [0.4, 0.5) is 0 Å². The first kappa shape index (κ1) is 11.0. The van der Waals surface area contributed by atoms with E-state index in [4.69, 9.17) is 8.25 Å². The molecule has 0 bridgehead atoms. The van der Waals surface area contributed by atoms with Crippen molar-refractivity contribution in [2.75, 3.05) is 0 Å². The van der Waals surface area contributed by atoms with E-state index >= 15 is 0 Å². The Labute approximate surface area is 79.9 Å². The summed E-state index contributed by atoms with van der Waals surface area (Å²) in [6, 6.07) is 0. The Kier molecular flexibility index (Phi) is 5.22. The molecule has 0 fully saturated rings. The molecule has 0 heterocycles. The molecular weight excluding hydrogens is 332 g/mol. The van der Waals surface area contributed by atoms with Crippen LogP contribution in [-0.2, 0) is 23.3 Å². The van der Waals surface area contributed by atoms with E-state index in [0.717, 1.165) is 6.42 Å². The maximum absolute atomic E-state index is 5.79. The van der Waals surface area contributed by atoms with E-state index < -0.39 is 23.3 Å². The second-order valence-corrected chi connectivity index (χ2v) is 10.7. The van der Waals surface area contributed by atoms with Gasteiger partial charge in [-0.1, -0.05) is 0 Å². The summed E-state index contributed by atoms with van der Waals surface area (Å²) in [5, 5.41) is 0. The van der Waals surface area contributed by atoms with Crippen LogP contribution in [-0.4, -0.2) is 0 Å². The molecule has 0 aliphatic rings. The second kappa shape index (κ2) is 4.76.